The summed E-state index contributed by atoms with van der Waals surface area (Å²) in [6.45, 7) is 5.57. The maximum absolute atomic E-state index is 11.5. The molecule has 0 aliphatic carbocycles. The fourth-order valence-corrected chi connectivity index (χ4v) is 3.82. The van der Waals surface area contributed by atoms with Crippen LogP contribution in [0.3, 0.4) is 0 Å². The molecule has 0 aromatic rings. The predicted octanol–water partition coefficient (Wildman–Crippen LogP) is 2.19. The highest BCUT2D eigenvalue weighted by atomic mass is 31.2. The summed E-state index contributed by atoms with van der Waals surface area (Å²) in [6, 6.07) is 0. The van der Waals surface area contributed by atoms with Gasteiger partial charge in [-0.2, -0.15) is 0 Å². The molecule has 0 spiro atoms. The van der Waals surface area contributed by atoms with Crippen LogP contribution < -0.4 is 0 Å². The lowest BCUT2D eigenvalue weighted by molar-refractivity contribution is -0.128. The highest BCUT2D eigenvalue weighted by Gasteiger charge is 2.23. The van der Waals surface area contributed by atoms with Crippen LogP contribution >= 0.6 is 7.51 Å². The van der Waals surface area contributed by atoms with Gasteiger partial charge in [0.15, 0.2) is 0 Å². The van der Waals surface area contributed by atoms with Crippen molar-refractivity contribution in [1.82, 2.24) is 9.80 Å². The van der Waals surface area contributed by atoms with Crippen molar-refractivity contribution >= 4 is 19.3 Å². The number of likely N-dealkylation sites (tertiary alicyclic amines) is 2. The third-order valence-electron chi connectivity index (χ3n) is 4.09. The van der Waals surface area contributed by atoms with E-state index in [1.807, 2.05) is 16.5 Å². The molecule has 2 amide bonds. The van der Waals surface area contributed by atoms with E-state index < -0.39 is 7.51 Å². The van der Waals surface area contributed by atoms with Gasteiger partial charge in [-0.15, -0.1) is 0 Å². The Labute approximate surface area is 139 Å². The van der Waals surface area contributed by atoms with E-state index in [-0.39, 0.29) is 19.2 Å². The number of hydrogen-bond donors (Lipinski definition) is 0. The number of carbonyl (C=O) groups is 2. The second-order valence-electron chi connectivity index (χ2n) is 5.64. The van der Waals surface area contributed by atoms with Crippen molar-refractivity contribution in [1.29, 1.82) is 0 Å². The molecule has 2 heterocycles. The first-order valence-corrected chi connectivity index (χ1v) is 9.89. The summed E-state index contributed by atoms with van der Waals surface area (Å²) in [5.41, 5.74) is 0. The summed E-state index contributed by atoms with van der Waals surface area (Å²) < 4.78 is 15.9. The SMILES string of the molecule is C.CN=P(C)(OCCN1CCCC1=O)OCCN1CCCC1=O. The fraction of sp³-hybridized carbons (Fsp3) is 0.867. The molecular formula is C15H30N3O4P. The molecular weight excluding hydrogens is 317 g/mol. The van der Waals surface area contributed by atoms with Crippen molar-refractivity contribution in [3.05, 3.63) is 0 Å². The van der Waals surface area contributed by atoms with Gasteiger partial charge in [0.2, 0.25) is 19.3 Å². The molecule has 23 heavy (non-hydrogen) atoms. The van der Waals surface area contributed by atoms with E-state index in [1.165, 1.54) is 0 Å². The van der Waals surface area contributed by atoms with Gasteiger partial charge in [0.05, 0.1) is 13.2 Å². The summed E-state index contributed by atoms with van der Waals surface area (Å²) in [5.74, 6) is 0.399. The van der Waals surface area contributed by atoms with E-state index in [4.69, 9.17) is 9.05 Å². The van der Waals surface area contributed by atoms with Crippen molar-refractivity contribution < 1.29 is 18.6 Å². The molecule has 0 bridgehead atoms. The predicted molar refractivity (Wildman–Crippen MR) is 91.5 cm³/mol. The lowest BCUT2D eigenvalue weighted by Crippen LogP contribution is -2.29. The number of amides is 2. The van der Waals surface area contributed by atoms with Crippen LogP contribution in [-0.2, 0) is 18.6 Å². The highest BCUT2D eigenvalue weighted by molar-refractivity contribution is 7.55. The number of rotatable bonds is 8. The van der Waals surface area contributed by atoms with Crippen LogP contribution in [0, 0.1) is 0 Å². The molecule has 2 fully saturated rings. The smallest absolute Gasteiger partial charge is 0.222 e. The quantitative estimate of drug-likeness (QED) is 0.631. The molecule has 0 radical (unpaired) electrons. The van der Waals surface area contributed by atoms with Gasteiger partial charge in [-0.1, -0.05) is 7.43 Å². The molecule has 134 valence electrons. The standard InChI is InChI=1S/C14H26N3O4P.CH4/c1-15-22(2,20-11-9-16-7-3-5-13(16)18)21-12-10-17-8-4-6-14(17)19;/h3-12H2,1-2H3;1H4. The normalized spacial score (nSPS) is 18.5. The van der Waals surface area contributed by atoms with Crippen LogP contribution in [0.2, 0.25) is 0 Å². The van der Waals surface area contributed by atoms with Gasteiger partial charge in [-0.05, 0) is 12.8 Å². The minimum Gasteiger partial charge on any atom is -0.340 e. The number of hydrogen-bond acceptors (Lipinski definition) is 5. The summed E-state index contributed by atoms with van der Waals surface area (Å²) in [7, 11) is -0.564. The second kappa shape index (κ2) is 9.40. The summed E-state index contributed by atoms with van der Waals surface area (Å²) in [5, 5.41) is 0. The zero-order valence-corrected chi connectivity index (χ0v) is 14.4. The molecule has 0 atom stereocenters. The second-order valence-corrected chi connectivity index (χ2v) is 8.16. The van der Waals surface area contributed by atoms with Gasteiger partial charge in [-0.3, -0.25) is 14.3 Å². The topological polar surface area (TPSA) is 71.4 Å². The Kier molecular flexibility index (Phi) is 8.23. The Morgan fingerprint density at radius 1 is 1.00 bits per heavy atom. The summed E-state index contributed by atoms with van der Waals surface area (Å²) in [4.78, 5) is 26.7. The number of nitrogens with zero attached hydrogens (tertiary/aromatic N) is 3. The zero-order valence-electron chi connectivity index (χ0n) is 13.5. The molecule has 0 N–H and O–H groups in total. The molecule has 8 heteroatoms. The molecule has 0 aromatic heterocycles. The molecule has 2 aliphatic heterocycles. The Bertz CT molecular complexity index is 434. The van der Waals surface area contributed by atoms with Gasteiger partial charge in [0.1, 0.15) is 0 Å². The first-order chi connectivity index (χ1) is 10.5. The maximum Gasteiger partial charge on any atom is 0.222 e. The highest BCUT2D eigenvalue weighted by Crippen LogP contribution is 2.47. The van der Waals surface area contributed by atoms with E-state index in [0.29, 0.717) is 39.1 Å². The zero-order chi connectivity index (χ0) is 16.0. The fourth-order valence-electron chi connectivity index (χ4n) is 2.67. The van der Waals surface area contributed by atoms with Crippen LogP contribution in [0.25, 0.3) is 0 Å². The molecule has 2 saturated heterocycles. The van der Waals surface area contributed by atoms with Gasteiger partial charge in [0.25, 0.3) is 0 Å². The Morgan fingerprint density at radius 2 is 1.43 bits per heavy atom. The minimum absolute atomic E-state index is 0. The van der Waals surface area contributed by atoms with Crippen molar-refractivity contribution in [3.8, 4) is 0 Å². The summed E-state index contributed by atoms with van der Waals surface area (Å²) >= 11 is 0. The van der Waals surface area contributed by atoms with E-state index in [2.05, 4.69) is 4.74 Å². The van der Waals surface area contributed by atoms with Gasteiger partial charge >= 0.3 is 0 Å². The Hall–Kier alpha value is -0.910. The van der Waals surface area contributed by atoms with E-state index >= 15 is 0 Å². The van der Waals surface area contributed by atoms with E-state index in [0.717, 1.165) is 25.9 Å². The number of carbonyl (C=O) groups excluding carboxylic acids is 2. The largest absolute Gasteiger partial charge is 0.340 e. The average Bonchev–Trinajstić information content (AvgIpc) is 3.09. The van der Waals surface area contributed by atoms with Crippen LogP contribution in [0.5, 0.6) is 0 Å². The average molecular weight is 347 g/mol. The molecule has 0 saturated carbocycles. The first kappa shape index (κ1) is 20.1. The minimum atomic E-state index is -2.25. The van der Waals surface area contributed by atoms with Crippen LogP contribution in [0.1, 0.15) is 33.1 Å². The van der Waals surface area contributed by atoms with Gasteiger partial charge < -0.3 is 18.8 Å². The Balaban J connectivity index is 0.00000264. The van der Waals surface area contributed by atoms with Crippen molar-refractivity contribution in [2.75, 3.05) is 53.1 Å². The van der Waals surface area contributed by atoms with Crippen LogP contribution in [-0.4, -0.2) is 74.7 Å². The van der Waals surface area contributed by atoms with Gasteiger partial charge in [0, 0.05) is 52.7 Å². The van der Waals surface area contributed by atoms with Gasteiger partial charge in [-0.25, -0.2) is 0 Å². The third-order valence-corrected chi connectivity index (χ3v) is 6.14. The monoisotopic (exact) mass is 347 g/mol. The molecule has 0 unspecified atom stereocenters. The lowest BCUT2D eigenvalue weighted by atomic mass is 10.4. The van der Waals surface area contributed by atoms with Crippen molar-refractivity contribution in [2.24, 2.45) is 4.74 Å². The van der Waals surface area contributed by atoms with Crippen molar-refractivity contribution in [3.63, 3.8) is 0 Å². The molecule has 2 aliphatic rings. The van der Waals surface area contributed by atoms with Crippen LogP contribution in [0.15, 0.2) is 4.74 Å². The van der Waals surface area contributed by atoms with Crippen LogP contribution in [0.4, 0.5) is 0 Å². The first-order valence-electron chi connectivity index (χ1n) is 7.86. The third kappa shape index (κ3) is 5.90. The van der Waals surface area contributed by atoms with E-state index in [9.17, 15) is 9.59 Å². The van der Waals surface area contributed by atoms with Crippen molar-refractivity contribution in [2.45, 2.75) is 33.1 Å². The van der Waals surface area contributed by atoms with E-state index in [1.54, 1.807) is 7.05 Å². The maximum atomic E-state index is 11.5. The molecule has 2 rings (SSSR count). The summed E-state index contributed by atoms with van der Waals surface area (Å²) in [6.07, 6.45) is 3.16. The Morgan fingerprint density at radius 3 is 1.74 bits per heavy atom. The lowest BCUT2D eigenvalue weighted by Gasteiger charge is -2.23. The molecule has 7 nitrogen and oxygen atoms in total. The molecule has 0 aromatic carbocycles.